The lowest BCUT2D eigenvalue weighted by Crippen LogP contribution is -2.37. The molecular formula is C9H17N3O. The van der Waals surface area contributed by atoms with Gasteiger partial charge in [-0.1, -0.05) is 0 Å². The third-order valence-corrected chi connectivity index (χ3v) is 2.12. The molecule has 1 aromatic heterocycles. The third-order valence-electron chi connectivity index (χ3n) is 2.12. The van der Waals surface area contributed by atoms with E-state index >= 15 is 0 Å². The summed E-state index contributed by atoms with van der Waals surface area (Å²) in [6.45, 7) is 4.89. The first-order valence-corrected chi connectivity index (χ1v) is 4.51. The van der Waals surface area contributed by atoms with Gasteiger partial charge in [-0.05, 0) is 13.8 Å². The first-order chi connectivity index (χ1) is 6.09. The average Bonchev–Trinajstić information content (AvgIpc) is 2.51. The smallest absolute Gasteiger partial charge is 0.111 e. The molecular weight excluding hydrogens is 166 g/mol. The molecule has 3 N–H and O–H groups in total. The molecule has 4 nitrogen and oxygen atoms in total. The summed E-state index contributed by atoms with van der Waals surface area (Å²) >= 11 is 0. The Morgan fingerprint density at radius 2 is 2.38 bits per heavy atom. The molecule has 1 rings (SSSR count). The van der Waals surface area contributed by atoms with Crippen molar-refractivity contribution in [1.29, 1.82) is 0 Å². The van der Waals surface area contributed by atoms with E-state index in [0.717, 1.165) is 12.4 Å². The van der Waals surface area contributed by atoms with Crippen molar-refractivity contribution < 1.29 is 5.11 Å². The van der Waals surface area contributed by atoms with Crippen molar-refractivity contribution in [2.75, 3.05) is 6.54 Å². The summed E-state index contributed by atoms with van der Waals surface area (Å²) in [5, 5.41) is 9.74. The summed E-state index contributed by atoms with van der Waals surface area (Å²) in [6, 6.07) is 0. The van der Waals surface area contributed by atoms with Crippen LogP contribution in [0, 0.1) is 0 Å². The van der Waals surface area contributed by atoms with Gasteiger partial charge in [0.15, 0.2) is 0 Å². The van der Waals surface area contributed by atoms with Crippen LogP contribution in [0.15, 0.2) is 12.4 Å². The number of nitrogens with zero attached hydrogens (tertiary/aromatic N) is 2. The number of rotatable bonds is 4. The van der Waals surface area contributed by atoms with Crippen LogP contribution in [0.1, 0.15) is 19.7 Å². The van der Waals surface area contributed by atoms with Crippen LogP contribution in [0.3, 0.4) is 0 Å². The third kappa shape index (κ3) is 2.54. The normalized spacial score (nSPS) is 15.7. The Balaban J connectivity index is 2.73. The summed E-state index contributed by atoms with van der Waals surface area (Å²) in [5.41, 5.74) is 4.58. The average molecular weight is 183 g/mol. The van der Waals surface area contributed by atoms with Crippen LogP contribution in [0.2, 0.25) is 0 Å². The van der Waals surface area contributed by atoms with Crippen LogP contribution in [-0.4, -0.2) is 26.8 Å². The van der Waals surface area contributed by atoms with E-state index in [0.29, 0.717) is 6.42 Å². The van der Waals surface area contributed by atoms with Crippen LogP contribution < -0.4 is 5.73 Å². The van der Waals surface area contributed by atoms with Crippen molar-refractivity contribution in [2.24, 2.45) is 5.73 Å². The minimum absolute atomic E-state index is 0.254. The zero-order chi connectivity index (χ0) is 9.90. The van der Waals surface area contributed by atoms with Crippen molar-refractivity contribution in [1.82, 2.24) is 9.55 Å². The molecule has 0 aliphatic carbocycles. The highest BCUT2D eigenvalue weighted by molar-refractivity contribution is 4.97. The Morgan fingerprint density at radius 3 is 2.92 bits per heavy atom. The lowest BCUT2D eigenvalue weighted by atomic mass is 10.0. The second-order valence-corrected chi connectivity index (χ2v) is 3.51. The van der Waals surface area contributed by atoms with E-state index in [9.17, 15) is 5.11 Å². The number of hydrogen-bond donors (Lipinski definition) is 2. The molecule has 0 aliphatic heterocycles. The SMILES string of the molecule is CCn1ccnc1CC(C)(O)CN. The first-order valence-electron chi connectivity index (χ1n) is 4.51. The monoisotopic (exact) mass is 183 g/mol. The van der Waals surface area contributed by atoms with Gasteiger partial charge in [-0.3, -0.25) is 0 Å². The van der Waals surface area contributed by atoms with Gasteiger partial charge in [0, 0.05) is 31.9 Å². The van der Waals surface area contributed by atoms with Gasteiger partial charge < -0.3 is 15.4 Å². The Bertz CT molecular complexity index is 268. The predicted octanol–water partition coefficient (Wildman–Crippen LogP) is 0.155. The summed E-state index contributed by atoms with van der Waals surface area (Å²) < 4.78 is 2.00. The zero-order valence-electron chi connectivity index (χ0n) is 8.20. The second-order valence-electron chi connectivity index (χ2n) is 3.51. The van der Waals surface area contributed by atoms with Gasteiger partial charge in [0.1, 0.15) is 5.82 Å². The van der Waals surface area contributed by atoms with Crippen LogP contribution in [0.5, 0.6) is 0 Å². The van der Waals surface area contributed by atoms with Gasteiger partial charge in [-0.25, -0.2) is 4.98 Å². The fraction of sp³-hybridized carbons (Fsp3) is 0.667. The van der Waals surface area contributed by atoms with E-state index in [2.05, 4.69) is 4.98 Å². The van der Waals surface area contributed by atoms with E-state index in [1.54, 1.807) is 13.1 Å². The predicted molar refractivity (Wildman–Crippen MR) is 51.3 cm³/mol. The maximum atomic E-state index is 9.74. The number of nitrogens with two attached hydrogens (primary N) is 1. The molecule has 1 heterocycles. The van der Waals surface area contributed by atoms with Gasteiger partial charge >= 0.3 is 0 Å². The highest BCUT2D eigenvalue weighted by atomic mass is 16.3. The lowest BCUT2D eigenvalue weighted by molar-refractivity contribution is 0.0666. The largest absolute Gasteiger partial charge is 0.388 e. The van der Waals surface area contributed by atoms with Crippen LogP contribution in [-0.2, 0) is 13.0 Å². The Hall–Kier alpha value is -0.870. The van der Waals surface area contributed by atoms with Gasteiger partial charge in [-0.15, -0.1) is 0 Å². The molecule has 0 saturated heterocycles. The molecule has 0 bridgehead atoms. The molecule has 0 aromatic carbocycles. The Labute approximate surface area is 78.4 Å². The zero-order valence-corrected chi connectivity index (χ0v) is 8.20. The molecule has 0 radical (unpaired) electrons. The van der Waals surface area contributed by atoms with Gasteiger partial charge in [0.05, 0.1) is 5.60 Å². The van der Waals surface area contributed by atoms with Gasteiger partial charge in [-0.2, -0.15) is 0 Å². The maximum absolute atomic E-state index is 9.74. The van der Waals surface area contributed by atoms with E-state index in [4.69, 9.17) is 5.73 Å². The molecule has 1 atom stereocenters. The summed E-state index contributed by atoms with van der Waals surface area (Å²) in [5.74, 6) is 0.887. The molecule has 0 spiro atoms. The highest BCUT2D eigenvalue weighted by Crippen LogP contribution is 2.10. The Morgan fingerprint density at radius 1 is 1.69 bits per heavy atom. The minimum atomic E-state index is -0.849. The molecule has 0 fully saturated rings. The van der Waals surface area contributed by atoms with E-state index in [-0.39, 0.29) is 6.54 Å². The van der Waals surface area contributed by atoms with Crippen molar-refractivity contribution in [2.45, 2.75) is 32.4 Å². The van der Waals surface area contributed by atoms with Crippen LogP contribution >= 0.6 is 0 Å². The molecule has 4 heteroatoms. The molecule has 74 valence electrons. The molecule has 0 amide bonds. The van der Waals surface area contributed by atoms with E-state index < -0.39 is 5.60 Å². The van der Waals surface area contributed by atoms with Crippen molar-refractivity contribution >= 4 is 0 Å². The van der Waals surface area contributed by atoms with E-state index in [1.165, 1.54) is 0 Å². The van der Waals surface area contributed by atoms with E-state index in [1.807, 2.05) is 17.7 Å². The number of aliphatic hydroxyl groups is 1. The molecule has 0 aliphatic rings. The highest BCUT2D eigenvalue weighted by Gasteiger charge is 2.20. The number of imidazole rings is 1. The minimum Gasteiger partial charge on any atom is -0.388 e. The van der Waals surface area contributed by atoms with Crippen molar-refractivity contribution in [3.8, 4) is 0 Å². The number of aryl methyl sites for hydroxylation is 1. The van der Waals surface area contributed by atoms with Crippen LogP contribution in [0.4, 0.5) is 0 Å². The maximum Gasteiger partial charge on any atom is 0.111 e. The van der Waals surface area contributed by atoms with Gasteiger partial charge in [0.2, 0.25) is 0 Å². The van der Waals surface area contributed by atoms with Crippen molar-refractivity contribution in [3.05, 3.63) is 18.2 Å². The number of aromatic nitrogens is 2. The quantitative estimate of drug-likeness (QED) is 0.698. The van der Waals surface area contributed by atoms with Crippen LogP contribution in [0.25, 0.3) is 0 Å². The first kappa shape index (κ1) is 10.2. The topological polar surface area (TPSA) is 64.1 Å². The summed E-state index contributed by atoms with van der Waals surface area (Å²) in [4.78, 5) is 4.17. The Kier molecular flexibility index (Phi) is 3.06. The standard InChI is InChI=1S/C9H17N3O/c1-3-12-5-4-11-8(12)6-9(2,13)7-10/h4-5,13H,3,6-7,10H2,1-2H3. The summed E-state index contributed by atoms with van der Waals surface area (Å²) in [7, 11) is 0. The summed E-state index contributed by atoms with van der Waals surface area (Å²) in [6.07, 6.45) is 4.15. The number of hydrogen-bond acceptors (Lipinski definition) is 3. The fourth-order valence-electron chi connectivity index (χ4n) is 1.21. The van der Waals surface area contributed by atoms with Gasteiger partial charge in [0.25, 0.3) is 0 Å². The fourth-order valence-corrected chi connectivity index (χ4v) is 1.21. The molecule has 1 unspecified atom stereocenters. The van der Waals surface area contributed by atoms with Crippen molar-refractivity contribution in [3.63, 3.8) is 0 Å². The second kappa shape index (κ2) is 3.89. The lowest BCUT2D eigenvalue weighted by Gasteiger charge is -2.20. The molecule has 1 aromatic rings. The molecule has 0 saturated carbocycles. The molecule has 13 heavy (non-hydrogen) atoms.